The average Bonchev–Trinajstić information content (AvgIpc) is 2.80. The van der Waals surface area contributed by atoms with Crippen molar-refractivity contribution in [2.45, 2.75) is 32.9 Å². The van der Waals surface area contributed by atoms with E-state index in [1.807, 2.05) is 6.07 Å². The first-order chi connectivity index (χ1) is 8.68. The largest absolute Gasteiger partial charge is 0.472 e. The Hall–Kier alpha value is -0.840. The molecule has 0 unspecified atom stereocenters. The molecule has 0 aliphatic carbocycles. The highest BCUT2D eigenvalue weighted by Gasteiger charge is 2.00. The maximum Gasteiger partial charge on any atom is 0.0947 e. The second kappa shape index (κ2) is 9.14. The molecule has 0 saturated heterocycles. The predicted molar refractivity (Wildman–Crippen MR) is 73.6 cm³/mol. The third-order valence-corrected chi connectivity index (χ3v) is 2.65. The van der Waals surface area contributed by atoms with Crippen LogP contribution in [-0.4, -0.2) is 44.3 Å². The van der Waals surface area contributed by atoms with Crippen molar-refractivity contribution in [3.05, 3.63) is 24.2 Å². The second-order valence-corrected chi connectivity index (χ2v) is 4.89. The number of ether oxygens (including phenoxy) is 1. The van der Waals surface area contributed by atoms with Crippen LogP contribution in [0.2, 0.25) is 0 Å². The molecule has 104 valence electrons. The van der Waals surface area contributed by atoms with Crippen molar-refractivity contribution in [2.75, 3.05) is 33.3 Å². The lowest BCUT2D eigenvalue weighted by Gasteiger charge is -2.16. The molecule has 18 heavy (non-hydrogen) atoms. The van der Waals surface area contributed by atoms with Crippen molar-refractivity contribution in [1.29, 1.82) is 0 Å². The first kappa shape index (κ1) is 15.2. The Morgan fingerprint density at radius 3 is 2.89 bits per heavy atom. The Kier molecular flexibility index (Phi) is 7.73. The normalized spacial score (nSPS) is 11.6. The van der Waals surface area contributed by atoms with E-state index in [-0.39, 0.29) is 0 Å². The fourth-order valence-electron chi connectivity index (χ4n) is 1.68. The lowest BCUT2D eigenvalue weighted by atomic mass is 10.3. The van der Waals surface area contributed by atoms with Gasteiger partial charge in [0, 0.05) is 31.8 Å². The number of hydrogen-bond acceptors (Lipinski definition) is 4. The number of nitrogens with one attached hydrogen (secondary N) is 1. The van der Waals surface area contributed by atoms with Crippen LogP contribution in [0.4, 0.5) is 0 Å². The molecule has 1 rings (SSSR count). The first-order valence-electron chi connectivity index (χ1n) is 6.70. The monoisotopic (exact) mass is 254 g/mol. The van der Waals surface area contributed by atoms with Gasteiger partial charge in [-0.1, -0.05) is 0 Å². The van der Waals surface area contributed by atoms with E-state index in [9.17, 15) is 0 Å². The van der Waals surface area contributed by atoms with Crippen LogP contribution in [0.5, 0.6) is 0 Å². The van der Waals surface area contributed by atoms with Crippen LogP contribution < -0.4 is 5.32 Å². The van der Waals surface area contributed by atoms with Crippen LogP contribution in [-0.2, 0) is 11.3 Å². The van der Waals surface area contributed by atoms with Gasteiger partial charge >= 0.3 is 0 Å². The molecule has 0 aliphatic heterocycles. The molecule has 0 spiro atoms. The zero-order valence-corrected chi connectivity index (χ0v) is 11.8. The van der Waals surface area contributed by atoms with Crippen molar-refractivity contribution in [2.24, 2.45) is 0 Å². The highest BCUT2D eigenvalue weighted by Crippen LogP contribution is 2.02. The topological polar surface area (TPSA) is 37.6 Å². The van der Waals surface area contributed by atoms with E-state index in [4.69, 9.17) is 9.15 Å². The molecule has 0 aliphatic rings. The zero-order chi connectivity index (χ0) is 13.2. The smallest absolute Gasteiger partial charge is 0.0947 e. The van der Waals surface area contributed by atoms with Gasteiger partial charge in [0.05, 0.1) is 18.6 Å². The van der Waals surface area contributed by atoms with Gasteiger partial charge in [0.25, 0.3) is 0 Å². The van der Waals surface area contributed by atoms with E-state index in [0.29, 0.717) is 6.10 Å². The van der Waals surface area contributed by atoms with Gasteiger partial charge in [-0.25, -0.2) is 0 Å². The van der Waals surface area contributed by atoms with Crippen LogP contribution in [0.3, 0.4) is 0 Å². The van der Waals surface area contributed by atoms with Gasteiger partial charge in [0.15, 0.2) is 0 Å². The number of rotatable bonds is 10. The highest BCUT2D eigenvalue weighted by atomic mass is 16.5. The van der Waals surface area contributed by atoms with Gasteiger partial charge in [-0.3, -0.25) is 0 Å². The van der Waals surface area contributed by atoms with Crippen molar-refractivity contribution in [3.63, 3.8) is 0 Å². The summed E-state index contributed by atoms with van der Waals surface area (Å²) in [6.45, 7) is 8.99. The van der Waals surface area contributed by atoms with Crippen molar-refractivity contribution in [3.8, 4) is 0 Å². The SMILES string of the molecule is CC(C)OCCCNCCN(C)Cc1ccoc1. The molecule has 0 radical (unpaired) electrons. The van der Waals surface area contributed by atoms with Crippen LogP contribution in [0.25, 0.3) is 0 Å². The van der Waals surface area contributed by atoms with Gasteiger partial charge in [-0.2, -0.15) is 0 Å². The maximum atomic E-state index is 5.48. The average molecular weight is 254 g/mol. The summed E-state index contributed by atoms with van der Waals surface area (Å²) >= 11 is 0. The molecule has 0 bridgehead atoms. The fraction of sp³-hybridized carbons (Fsp3) is 0.714. The van der Waals surface area contributed by atoms with Gasteiger partial charge in [-0.15, -0.1) is 0 Å². The van der Waals surface area contributed by atoms with Crippen molar-refractivity contribution < 1.29 is 9.15 Å². The van der Waals surface area contributed by atoms with E-state index in [1.54, 1.807) is 12.5 Å². The third-order valence-electron chi connectivity index (χ3n) is 2.65. The molecule has 1 heterocycles. The quantitative estimate of drug-likeness (QED) is 0.649. The lowest BCUT2D eigenvalue weighted by molar-refractivity contribution is 0.0770. The Labute approximate surface area is 110 Å². The molecule has 1 N–H and O–H groups in total. The Balaban J connectivity index is 1.91. The number of likely N-dealkylation sites (N-methyl/N-ethyl adjacent to an activating group) is 1. The molecule has 0 amide bonds. The van der Waals surface area contributed by atoms with Crippen LogP contribution in [0.1, 0.15) is 25.8 Å². The fourth-order valence-corrected chi connectivity index (χ4v) is 1.68. The minimum Gasteiger partial charge on any atom is -0.472 e. The molecule has 1 aromatic rings. The Bertz CT molecular complexity index is 286. The molecule has 0 fully saturated rings. The third kappa shape index (κ3) is 7.48. The zero-order valence-electron chi connectivity index (χ0n) is 11.8. The summed E-state index contributed by atoms with van der Waals surface area (Å²) in [6.07, 6.45) is 4.93. The molecule has 0 saturated carbocycles. The van der Waals surface area contributed by atoms with E-state index in [0.717, 1.165) is 39.2 Å². The molecule has 1 aromatic heterocycles. The summed E-state index contributed by atoms with van der Waals surface area (Å²) in [6, 6.07) is 2.01. The lowest BCUT2D eigenvalue weighted by Crippen LogP contribution is -2.29. The van der Waals surface area contributed by atoms with Gasteiger partial charge < -0.3 is 19.4 Å². The van der Waals surface area contributed by atoms with Gasteiger partial charge in [-0.05, 0) is 39.9 Å². The molecule has 4 heteroatoms. The molecule has 0 atom stereocenters. The number of nitrogens with zero attached hydrogens (tertiary/aromatic N) is 1. The number of furan rings is 1. The van der Waals surface area contributed by atoms with E-state index < -0.39 is 0 Å². The first-order valence-corrected chi connectivity index (χ1v) is 6.70. The van der Waals surface area contributed by atoms with Crippen LogP contribution in [0, 0.1) is 0 Å². The number of hydrogen-bond donors (Lipinski definition) is 1. The summed E-state index contributed by atoms with van der Waals surface area (Å²) in [4.78, 5) is 2.28. The van der Waals surface area contributed by atoms with Gasteiger partial charge in [0.1, 0.15) is 0 Å². The second-order valence-electron chi connectivity index (χ2n) is 4.89. The summed E-state index contributed by atoms with van der Waals surface area (Å²) in [5.41, 5.74) is 1.22. The Morgan fingerprint density at radius 1 is 1.39 bits per heavy atom. The maximum absolute atomic E-state index is 5.48. The summed E-state index contributed by atoms with van der Waals surface area (Å²) in [7, 11) is 2.12. The predicted octanol–water partition coefficient (Wildman–Crippen LogP) is 2.12. The highest BCUT2D eigenvalue weighted by molar-refractivity contribution is 5.04. The van der Waals surface area contributed by atoms with Gasteiger partial charge in [0.2, 0.25) is 0 Å². The van der Waals surface area contributed by atoms with E-state index in [1.165, 1.54) is 5.56 Å². The molecule has 0 aromatic carbocycles. The minimum atomic E-state index is 0.339. The molecule has 4 nitrogen and oxygen atoms in total. The van der Waals surface area contributed by atoms with Crippen molar-refractivity contribution in [1.82, 2.24) is 10.2 Å². The van der Waals surface area contributed by atoms with E-state index >= 15 is 0 Å². The summed E-state index contributed by atoms with van der Waals surface area (Å²) in [5, 5.41) is 3.42. The minimum absolute atomic E-state index is 0.339. The summed E-state index contributed by atoms with van der Waals surface area (Å²) < 4.78 is 10.5. The van der Waals surface area contributed by atoms with Crippen molar-refractivity contribution >= 4 is 0 Å². The van der Waals surface area contributed by atoms with Crippen LogP contribution >= 0.6 is 0 Å². The molecular formula is C14H26N2O2. The summed E-state index contributed by atoms with van der Waals surface area (Å²) in [5.74, 6) is 0. The standard InChI is InChI=1S/C14H26N2O2/c1-13(2)18-9-4-6-15-7-8-16(3)11-14-5-10-17-12-14/h5,10,12-13,15H,4,6-9,11H2,1-3H3. The Morgan fingerprint density at radius 2 is 2.22 bits per heavy atom. The molecular weight excluding hydrogens is 228 g/mol. The van der Waals surface area contributed by atoms with E-state index in [2.05, 4.69) is 31.1 Å². The van der Waals surface area contributed by atoms with Crippen LogP contribution in [0.15, 0.2) is 23.0 Å².